The number of likely N-dealkylation sites (tertiary alicyclic amines) is 1. The van der Waals surface area contributed by atoms with Crippen molar-refractivity contribution >= 4 is 10.9 Å². The van der Waals surface area contributed by atoms with Gasteiger partial charge < -0.3 is 19.6 Å². The number of hydrogen-bond acceptors (Lipinski definition) is 4. The fraction of sp³-hybridized carbons (Fsp3) is 0.333. The summed E-state index contributed by atoms with van der Waals surface area (Å²) in [4.78, 5) is 6.58. The highest BCUT2D eigenvalue weighted by molar-refractivity contribution is 5.86. The largest absolute Gasteiger partial charge is 0.504 e. The first-order valence-corrected chi connectivity index (χ1v) is 16.3. The summed E-state index contributed by atoms with van der Waals surface area (Å²) in [6.45, 7) is 2.68. The fourth-order valence-electron chi connectivity index (χ4n) is 9.57. The van der Waals surface area contributed by atoms with Crippen LogP contribution >= 0.6 is 0 Å². The second-order valence-electron chi connectivity index (χ2n) is 13.8. The standard InChI is InChI=1S/C39H36N2O3/c42-32-17-16-26-20-33-39(43-23-27-10-4-5-11-28(27)25-8-2-1-3-9-25)21-30-29-12-6-7-13-31(29)40-35(30)37-38(39,34(26)36(32)44-37)18-19-41(33)22-24-14-15-24/h1-13,16-17,24,33,37,40,42H,14-15,18-23H2/t33-,37-,38-,39+/m0/s1. The van der Waals surface area contributed by atoms with Crippen molar-refractivity contribution in [3.8, 4) is 22.6 Å². The number of H-pyrrole nitrogens is 1. The van der Waals surface area contributed by atoms with Gasteiger partial charge >= 0.3 is 0 Å². The summed E-state index contributed by atoms with van der Waals surface area (Å²) in [7, 11) is 0. The van der Waals surface area contributed by atoms with E-state index in [2.05, 4.69) is 94.8 Å². The van der Waals surface area contributed by atoms with Gasteiger partial charge in [0.1, 0.15) is 5.60 Å². The van der Waals surface area contributed by atoms with Crippen LogP contribution in [0.3, 0.4) is 0 Å². The number of aromatic hydroxyl groups is 1. The first-order chi connectivity index (χ1) is 21.7. The van der Waals surface area contributed by atoms with Crippen LogP contribution in [-0.2, 0) is 29.6 Å². The Kier molecular flexibility index (Phi) is 5.17. The van der Waals surface area contributed by atoms with E-state index in [9.17, 15) is 5.11 Å². The Labute approximate surface area is 257 Å². The van der Waals surface area contributed by atoms with Crippen LogP contribution in [-0.4, -0.2) is 39.7 Å². The maximum Gasteiger partial charge on any atom is 0.166 e. The lowest BCUT2D eigenvalue weighted by Crippen LogP contribution is -2.75. The lowest BCUT2D eigenvalue weighted by atomic mass is 9.48. The summed E-state index contributed by atoms with van der Waals surface area (Å²) in [6.07, 6.45) is 5.10. The van der Waals surface area contributed by atoms with Crippen molar-refractivity contribution < 1.29 is 14.6 Å². The maximum atomic E-state index is 11.2. The molecule has 0 radical (unpaired) electrons. The molecule has 220 valence electrons. The van der Waals surface area contributed by atoms with E-state index in [0.717, 1.165) is 49.5 Å². The lowest BCUT2D eigenvalue weighted by molar-refractivity contribution is -0.210. The molecule has 44 heavy (non-hydrogen) atoms. The average Bonchev–Trinajstić information content (AvgIpc) is 3.70. The van der Waals surface area contributed by atoms with Gasteiger partial charge in [-0.1, -0.05) is 78.9 Å². The van der Waals surface area contributed by atoms with Crippen molar-refractivity contribution in [2.45, 2.75) is 61.9 Å². The molecule has 1 saturated heterocycles. The Morgan fingerprint density at radius 3 is 2.64 bits per heavy atom. The van der Waals surface area contributed by atoms with Crippen molar-refractivity contribution in [2.24, 2.45) is 5.92 Å². The Morgan fingerprint density at radius 1 is 0.932 bits per heavy atom. The number of ether oxygens (including phenoxy) is 2. The summed E-state index contributed by atoms with van der Waals surface area (Å²) in [5.41, 5.74) is 8.86. The first-order valence-electron chi connectivity index (χ1n) is 16.3. The van der Waals surface area contributed by atoms with E-state index in [1.165, 1.54) is 51.6 Å². The highest BCUT2D eigenvalue weighted by Crippen LogP contribution is 2.70. The number of benzene rings is 4. The monoisotopic (exact) mass is 580 g/mol. The normalized spacial score (nSPS) is 28.0. The molecule has 1 spiro atoms. The summed E-state index contributed by atoms with van der Waals surface area (Å²) < 4.78 is 14.7. The molecule has 5 aliphatic rings. The molecule has 2 bridgehead atoms. The van der Waals surface area contributed by atoms with Gasteiger partial charge in [0.05, 0.1) is 17.7 Å². The SMILES string of the molecule is Oc1ccc2c3c1O[C@H]1c4[nH]c5ccccc5c4C[C@@]4(OCc5ccccc5-c5ccccc5)[C@H](C2)N(CC2CC2)CC[C@]314. The number of rotatable bonds is 6. The number of piperidine rings is 1. The molecule has 1 aromatic heterocycles. The van der Waals surface area contributed by atoms with Gasteiger partial charge in [0.15, 0.2) is 17.6 Å². The van der Waals surface area contributed by atoms with E-state index in [1.807, 2.05) is 6.07 Å². The molecule has 5 aromatic rings. The van der Waals surface area contributed by atoms with Gasteiger partial charge in [0.25, 0.3) is 0 Å². The number of fused-ring (bicyclic) bond motifs is 4. The minimum Gasteiger partial charge on any atom is -0.504 e. The van der Waals surface area contributed by atoms with Crippen LogP contribution in [0.1, 0.15) is 53.3 Å². The zero-order chi connectivity index (χ0) is 29.0. The van der Waals surface area contributed by atoms with Crippen LogP contribution in [0.2, 0.25) is 0 Å². The number of aromatic amines is 1. The summed E-state index contributed by atoms with van der Waals surface area (Å²) in [5.74, 6) is 1.71. The summed E-state index contributed by atoms with van der Waals surface area (Å²) >= 11 is 0. The van der Waals surface area contributed by atoms with Crippen LogP contribution in [0.4, 0.5) is 0 Å². The molecule has 4 aromatic carbocycles. The van der Waals surface area contributed by atoms with Crippen molar-refractivity contribution in [3.05, 3.63) is 119 Å². The van der Waals surface area contributed by atoms with E-state index in [0.29, 0.717) is 12.4 Å². The number of aromatic nitrogens is 1. The lowest BCUT2D eigenvalue weighted by Gasteiger charge is -2.64. The second kappa shape index (κ2) is 8.99. The van der Waals surface area contributed by atoms with Gasteiger partial charge in [-0.3, -0.25) is 4.90 Å². The molecule has 0 unspecified atom stereocenters. The highest BCUT2D eigenvalue weighted by Gasteiger charge is 2.74. The van der Waals surface area contributed by atoms with Crippen molar-refractivity contribution in [3.63, 3.8) is 0 Å². The number of hydrogen-bond donors (Lipinski definition) is 2. The molecule has 5 nitrogen and oxygen atoms in total. The molecular formula is C39H36N2O3. The van der Waals surface area contributed by atoms with Gasteiger partial charge in [-0.25, -0.2) is 0 Å². The van der Waals surface area contributed by atoms with E-state index < -0.39 is 11.0 Å². The predicted octanol–water partition coefficient (Wildman–Crippen LogP) is 7.46. The van der Waals surface area contributed by atoms with Gasteiger partial charge in [0, 0.05) is 35.5 Å². The van der Waals surface area contributed by atoms with Crippen molar-refractivity contribution in [1.29, 1.82) is 0 Å². The molecule has 0 amide bonds. The molecule has 3 heterocycles. The molecule has 3 aliphatic carbocycles. The van der Waals surface area contributed by atoms with Gasteiger partial charge in [-0.15, -0.1) is 0 Å². The Bertz CT molecular complexity index is 1940. The predicted molar refractivity (Wildman–Crippen MR) is 171 cm³/mol. The topological polar surface area (TPSA) is 57.7 Å². The van der Waals surface area contributed by atoms with Gasteiger partial charge in [0.2, 0.25) is 0 Å². The number of para-hydroxylation sites is 1. The fourth-order valence-corrected chi connectivity index (χ4v) is 9.57. The average molecular weight is 581 g/mol. The molecule has 5 heteroatoms. The molecule has 2 fully saturated rings. The number of nitrogens with one attached hydrogen (secondary N) is 1. The summed E-state index contributed by atoms with van der Waals surface area (Å²) in [5, 5.41) is 12.5. The van der Waals surface area contributed by atoms with Crippen LogP contribution in [0, 0.1) is 5.92 Å². The highest BCUT2D eigenvalue weighted by atomic mass is 16.5. The molecule has 4 atom stereocenters. The minimum atomic E-state index is -0.515. The van der Waals surface area contributed by atoms with E-state index in [1.54, 1.807) is 0 Å². The molecular weight excluding hydrogens is 544 g/mol. The van der Waals surface area contributed by atoms with E-state index in [4.69, 9.17) is 9.47 Å². The van der Waals surface area contributed by atoms with E-state index >= 15 is 0 Å². The van der Waals surface area contributed by atoms with Crippen LogP contribution in [0.15, 0.2) is 91.0 Å². The van der Waals surface area contributed by atoms with Gasteiger partial charge in [-0.05, 0) is 78.1 Å². The Morgan fingerprint density at radius 2 is 1.75 bits per heavy atom. The van der Waals surface area contributed by atoms with Crippen molar-refractivity contribution in [1.82, 2.24) is 9.88 Å². The minimum absolute atomic E-state index is 0.219. The third-order valence-electron chi connectivity index (χ3n) is 11.6. The molecule has 1 saturated carbocycles. The van der Waals surface area contributed by atoms with Crippen LogP contribution < -0.4 is 4.74 Å². The Hall–Kier alpha value is -4.06. The van der Waals surface area contributed by atoms with Gasteiger partial charge in [-0.2, -0.15) is 0 Å². The first kappa shape index (κ1) is 25.3. The molecule has 2 N–H and O–H groups in total. The van der Waals surface area contributed by atoms with Crippen molar-refractivity contribution in [2.75, 3.05) is 13.1 Å². The quantitative estimate of drug-likeness (QED) is 0.219. The number of phenols is 1. The third-order valence-corrected chi connectivity index (χ3v) is 11.6. The number of nitrogens with zero attached hydrogens (tertiary/aromatic N) is 1. The molecule has 10 rings (SSSR count). The summed E-state index contributed by atoms with van der Waals surface area (Å²) in [6, 6.07) is 32.3. The van der Waals surface area contributed by atoms with Crippen LogP contribution in [0.25, 0.3) is 22.0 Å². The number of phenolic OH excluding ortho intramolecular Hbond substituents is 1. The molecule has 2 aliphatic heterocycles. The second-order valence-corrected chi connectivity index (χ2v) is 13.8. The smallest absolute Gasteiger partial charge is 0.166 e. The third kappa shape index (κ3) is 3.26. The Balaban J connectivity index is 1.19. The maximum absolute atomic E-state index is 11.2. The van der Waals surface area contributed by atoms with E-state index in [-0.39, 0.29) is 17.9 Å². The van der Waals surface area contributed by atoms with Crippen LogP contribution in [0.5, 0.6) is 11.5 Å². The zero-order valence-electron chi connectivity index (χ0n) is 24.8. The zero-order valence-corrected chi connectivity index (χ0v) is 24.8.